The fourth-order valence-electron chi connectivity index (χ4n) is 1.60. The normalized spacial score (nSPS) is 12.4. The van der Waals surface area contributed by atoms with E-state index in [1.54, 1.807) is 6.20 Å². The lowest BCUT2D eigenvalue weighted by molar-refractivity contribution is 0.339. The lowest BCUT2D eigenvalue weighted by Gasteiger charge is -2.14. The summed E-state index contributed by atoms with van der Waals surface area (Å²) >= 11 is 1.33. The van der Waals surface area contributed by atoms with Gasteiger partial charge in [0.2, 0.25) is 0 Å². The molecular formula is C11H14N4OS. The van der Waals surface area contributed by atoms with E-state index in [2.05, 4.69) is 15.0 Å². The number of hydrogen-bond acceptors (Lipinski definition) is 6. The molecule has 0 spiro atoms. The molecule has 0 saturated heterocycles. The molecule has 6 heteroatoms. The topological polar surface area (TPSA) is 73.1 Å². The molecule has 0 aliphatic carbocycles. The number of rotatable bonds is 5. The fraction of sp³-hybridized carbons (Fsp3) is 0.273. The Bertz CT molecular complexity index is 460. The van der Waals surface area contributed by atoms with Crippen molar-refractivity contribution in [2.24, 2.45) is 5.84 Å². The number of ether oxygens (including phenoxy) is 1. The summed E-state index contributed by atoms with van der Waals surface area (Å²) in [5.74, 6) is 6.42. The zero-order chi connectivity index (χ0) is 12.1. The van der Waals surface area contributed by atoms with Crippen molar-refractivity contribution in [1.29, 1.82) is 0 Å². The Morgan fingerprint density at radius 2 is 2.41 bits per heavy atom. The van der Waals surface area contributed by atoms with Gasteiger partial charge >= 0.3 is 0 Å². The van der Waals surface area contributed by atoms with E-state index in [1.807, 2.05) is 31.2 Å². The van der Waals surface area contributed by atoms with Gasteiger partial charge in [0, 0.05) is 0 Å². The first-order valence-corrected chi connectivity index (χ1v) is 6.08. The zero-order valence-electron chi connectivity index (χ0n) is 9.46. The third kappa shape index (κ3) is 2.79. The van der Waals surface area contributed by atoms with Gasteiger partial charge in [-0.2, -0.15) is 0 Å². The Morgan fingerprint density at radius 3 is 3.06 bits per heavy atom. The van der Waals surface area contributed by atoms with E-state index in [9.17, 15) is 0 Å². The Balaban J connectivity index is 2.28. The number of hydrogen-bond donors (Lipinski definition) is 2. The standard InChI is InChI=1S/C11H14N4OS/c1-2-16-9-5-3-4-8(6-9)11(14-12)10-7-13-15-17-10/h3-7,11,14H,2,12H2,1H3. The largest absolute Gasteiger partial charge is 0.494 e. The first kappa shape index (κ1) is 12.0. The maximum Gasteiger partial charge on any atom is 0.119 e. The van der Waals surface area contributed by atoms with E-state index < -0.39 is 0 Å². The van der Waals surface area contributed by atoms with Gasteiger partial charge in [0.25, 0.3) is 0 Å². The molecule has 0 radical (unpaired) electrons. The average Bonchev–Trinajstić information content (AvgIpc) is 2.85. The van der Waals surface area contributed by atoms with Gasteiger partial charge < -0.3 is 4.74 Å². The monoisotopic (exact) mass is 250 g/mol. The van der Waals surface area contributed by atoms with Crippen LogP contribution in [0.5, 0.6) is 5.75 Å². The molecule has 0 fully saturated rings. The van der Waals surface area contributed by atoms with Crippen LogP contribution >= 0.6 is 11.5 Å². The quantitative estimate of drug-likeness (QED) is 0.621. The zero-order valence-corrected chi connectivity index (χ0v) is 10.3. The van der Waals surface area contributed by atoms with Crippen molar-refractivity contribution in [1.82, 2.24) is 15.0 Å². The summed E-state index contributed by atoms with van der Waals surface area (Å²) in [6.07, 6.45) is 1.71. The third-order valence-electron chi connectivity index (χ3n) is 2.33. The van der Waals surface area contributed by atoms with Gasteiger partial charge in [0.15, 0.2) is 0 Å². The van der Waals surface area contributed by atoms with E-state index in [1.165, 1.54) is 11.5 Å². The van der Waals surface area contributed by atoms with Crippen LogP contribution in [-0.4, -0.2) is 16.2 Å². The minimum absolute atomic E-state index is 0.101. The predicted molar refractivity (Wildman–Crippen MR) is 66.7 cm³/mol. The fourth-order valence-corrected chi connectivity index (χ4v) is 2.19. The van der Waals surface area contributed by atoms with Crippen molar-refractivity contribution >= 4 is 11.5 Å². The molecule has 0 bridgehead atoms. The summed E-state index contributed by atoms with van der Waals surface area (Å²) in [4.78, 5) is 0.973. The molecule has 1 aromatic carbocycles. The third-order valence-corrected chi connectivity index (χ3v) is 3.06. The molecule has 5 nitrogen and oxygen atoms in total. The van der Waals surface area contributed by atoms with Gasteiger partial charge in [-0.3, -0.25) is 5.84 Å². The maximum atomic E-state index is 5.58. The molecule has 1 heterocycles. The smallest absolute Gasteiger partial charge is 0.119 e. The molecule has 1 unspecified atom stereocenters. The van der Waals surface area contributed by atoms with Crippen molar-refractivity contribution in [2.75, 3.05) is 6.61 Å². The summed E-state index contributed by atoms with van der Waals surface area (Å²) in [6, 6.07) is 7.72. The molecule has 1 aromatic heterocycles. The molecule has 3 N–H and O–H groups in total. The lowest BCUT2D eigenvalue weighted by Crippen LogP contribution is -2.28. The maximum absolute atomic E-state index is 5.58. The minimum Gasteiger partial charge on any atom is -0.494 e. The van der Waals surface area contributed by atoms with Crippen LogP contribution in [0.2, 0.25) is 0 Å². The number of aromatic nitrogens is 2. The number of nitrogens with two attached hydrogens (primary N) is 1. The number of nitrogens with zero attached hydrogens (tertiary/aromatic N) is 2. The van der Waals surface area contributed by atoms with Gasteiger partial charge in [-0.15, -0.1) is 5.10 Å². The Kier molecular flexibility index (Phi) is 4.03. The molecule has 0 saturated carbocycles. The van der Waals surface area contributed by atoms with Gasteiger partial charge in [-0.25, -0.2) is 5.43 Å². The molecule has 2 rings (SSSR count). The van der Waals surface area contributed by atoms with Crippen LogP contribution < -0.4 is 16.0 Å². The molecule has 90 valence electrons. The van der Waals surface area contributed by atoms with E-state index in [0.29, 0.717) is 6.61 Å². The Hall–Kier alpha value is -1.50. The van der Waals surface area contributed by atoms with E-state index in [4.69, 9.17) is 10.6 Å². The minimum atomic E-state index is -0.101. The lowest BCUT2D eigenvalue weighted by atomic mass is 10.1. The van der Waals surface area contributed by atoms with Gasteiger partial charge in [0.1, 0.15) is 5.75 Å². The Morgan fingerprint density at radius 1 is 1.53 bits per heavy atom. The van der Waals surface area contributed by atoms with Gasteiger partial charge in [0.05, 0.1) is 23.7 Å². The molecule has 1 atom stereocenters. The summed E-state index contributed by atoms with van der Waals surface area (Å²) in [7, 11) is 0. The van der Waals surface area contributed by atoms with Crippen LogP contribution in [0.25, 0.3) is 0 Å². The highest BCUT2D eigenvalue weighted by Gasteiger charge is 2.15. The second kappa shape index (κ2) is 5.72. The predicted octanol–water partition coefficient (Wildman–Crippen LogP) is 1.49. The van der Waals surface area contributed by atoms with Crippen molar-refractivity contribution in [3.63, 3.8) is 0 Å². The Labute approximate surface area is 104 Å². The van der Waals surface area contributed by atoms with Gasteiger partial charge in [-0.05, 0) is 36.2 Å². The van der Waals surface area contributed by atoms with Crippen molar-refractivity contribution < 1.29 is 4.74 Å². The van der Waals surface area contributed by atoms with E-state index >= 15 is 0 Å². The first-order chi connectivity index (χ1) is 8.35. The number of nitrogens with one attached hydrogen (secondary N) is 1. The molecule has 2 aromatic rings. The van der Waals surface area contributed by atoms with Crippen molar-refractivity contribution in [3.8, 4) is 5.75 Å². The van der Waals surface area contributed by atoms with Crippen LogP contribution in [0.15, 0.2) is 30.5 Å². The molecule has 17 heavy (non-hydrogen) atoms. The van der Waals surface area contributed by atoms with Crippen molar-refractivity contribution in [3.05, 3.63) is 40.9 Å². The van der Waals surface area contributed by atoms with Crippen LogP contribution in [0.1, 0.15) is 23.4 Å². The highest BCUT2D eigenvalue weighted by Crippen LogP contribution is 2.25. The van der Waals surface area contributed by atoms with Crippen LogP contribution in [0.4, 0.5) is 0 Å². The summed E-state index contributed by atoms with van der Waals surface area (Å²) < 4.78 is 9.30. The molecule has 0 aliphatic rings. The molecular weight excluding hydrogens is 236 g/mol. The van der Waals surface area contributed by atoms with Crippen LogP contribution in [-0.2, 0) is 0 Å². The summed E-state index contributed by atoms with van der Waals surface area (Å²) in [5.41, 5.74) is 3.80. The molecule has 0 aliphatic heterocycles. The number of benzene rings is 1. The molecule has 0 amide bonds. The van der Waals surface area contributed by atoms with Gasteiger partial charge in [-0.1, -0.05) is 16.6 Å². The average molecular weight is 250 g/mol. The second-order valence-corrected chi connectivity index (χ2v) is 4.24. The van der Waals surface area contributed by atoms with Crippen LogP contribution in [0, 0.1) is 0 Å². The highest BCUT2D eigenvalue weighted by atomic mass is 32.1. The first-order valence-electron chi connectivity index (χ1n) is 5.31. The van der Waals surface area contributed by atoms with E-state index in [0.717, 1.165) is 16.2 Å². The summed E-state index contributed by atoms with van der Waals surface area (Å²) in [6.45, 7) is 2.60. The van der Waals surface area contributed by atoms with Crippen molar-refractivity contribution in [2.45, 2.75) is 13.0 Å². The van der Waals surface area contributed by atoms with Crippen LogP contribution in [0.3, 0.4) is 0 Å². The number of hydrazine groups is 1. The SMILES string of the molecule is CCOc1cccc(C(NN)c2cnns2)c1. The second-order valence-electron chi connectivity index (χ2n) is 3.43. The van der Waals surface area contributed by atoms with E-state index in [-0.39, 0.29) is 6.04 Å². The summed E-state index contributed by atoms with van der Waals surface area (Å²) in [5, 5.41) is 3.82. The highest BCUT2D eigenvalue weighted by molar-refractivity contribution is 7.05.